The molecule has 19 heavy (non-hydrogen) atoms. The van der Waals surface area contributed by atoms with E-state index >= 15 is 0 Å². The summed E-state index contributed by atoms with van der Waals surface area (Å²) in [5, 5.41) is 3.58. The molecule has 4 nitrogen and oxygen atoms in total. The van der Waals surface area contributed by atoms with Crippen molar-refractivity contribution in [3.8, 4) is 0 Å². The first-order chi connectivity index (χ1) is 9.14. The van der Waals surface area contributed by atoms with Gasteiger partial charge in [-0.2, -0.15) is 0 Å². The molecule has 2 fully saturated rings. The summed E-state index contributed by atoms with van der Waals surface area (Å²) in [5.41, 5.74) is 1.21. The highest BCUT2D eigenvalue weighted by molar-refractivity contribution is 5.47. The first-order valence-corrected chi connectivity index (χ1v) is 7.20. The summed E-state index contributed by atoms with van der Waals surface area (Å²) < 4.78 is 5.78. The Labute approximate surface area is 115 Å². The lowest BCUT2D eigenvalue weighted by Gasteiger charge is -2.39. The Hall–Kier alpha value is -1.13. The number of nitrogens with zero attached hydrogens (tertiary/aromatic N) is 2. The zero-order valence-electron chi connectivity index (χ0n) is 11.9. The number of nitrogens with one attached hydrogen (secondary N) is 1. The van der Waals surface area contributed by atoms with Gasteiger partial charge in [-0.15, -0.1) is 0 Å². The SMILES string of the molecule is CC1(C)CN(c2ncccc2CNC2CC2)CCO1. The van der Waals surface area contributed by atoms with Crippen molar-refractivity contribution in [3.05, 3.63) is 23.9 Å². The number of ether oxygens (including phenoxy) is 1. The number of anilines is 1. The number of rotatable bonds is 4. The second kappa shape index (κ2) is 5.10. The van der Waals surface area contributed by atoms with E-state index in [1.54, 1.807) is 0 Å². The number of aromatic nitrogens is 1. The molecule has 1 N–H and O–H groups in total. The molecule has 4 heteroatoms. The smallest absolute Gasteiger partial charge is 0.133 e. The van der Waals surface area contributed by atoms with Gasteiger partial charge >= 0.3 is 0 Å². The molecule has 1 saturated carbocycles. The van der Waals surface area contributed by atoms with Crippen LogP contribution in [0.5, 0.6) is 0 Å². The molecule has 3 rings (SSSR count). The highest BCUT2D eigenvalue weighted by Crippen LogP contribution is 2.25. The minimum absolute atomic E-state index is 0.0863. The maximum Gasteiger partial charge on any atom is 0.133 e. The van der Waals surface area contributed by atoms with Gasteiger partial charge < -0.3 is 15.0 Å². The second-order valence-electron chi connectivity index (χ2n) is 6.17. The Kier molecular flexibility index (Phi) is 3.46. The van der Waals surface area contributed by atoms with E-state index in [0.717, 1.165) is 38.1 Å². The molecule has 0 bridgehead atoms. The van der Waals surface area contributed by atoms with Crippen LogP contribution in [0.2, 0.25) is 0 Å². The summed E-state index contributed by atoms with van der Waals surface area (Å²) in [5.74, 6) is 1.12. The lowest BCUT2D eigenvalue weighted by molar-refractivity contribution is -0.0279. The van der Waals surface area contributed by atoms with Crippen LogP contribution < -0.4 is 10.2 Å². The van der Waals surface area contributed by atoms with Crippen LogP contribution in [-0.4, -0.2) is 36.3 Å². The zero-order chi connectivity index (χ0) is 13.3. The van der Waals surface area contributed by atoms with E-state index in [1.807, 2.05) is 12.3 Å². The molecule has 0 amide bonds. The second-order valence-corrected chi connectivity index (χ2v) is 6.17. The Morgan fingerprint density at radius 1 is 1.47 bits per heavy atom. The van der Waals surface area contributed by atoms with E-state index < -0.39 is 0 Å². The Morgan fingerprint density at radius 3 is 3.05 bits per heavy atom. The standard InChI is InChI=1S/C15H23N3O/c1-15(2)11-18(8-9-19-15)14-12(4-3-7-16-14)10-17-13-5-6-13/h3-4,7,13,17H,5-6,8-11H2,1-2H3. The number of morpholine rings is 1. The number of pyridine rings is 1. The van der Waals surface area contributed by atoms with Crippen LogP contribution in [0.15, 0.2) is 18.3 Å². The minimum atomic E-state index is -0.0863. The van der Waals surface area contributed by atoms with Crippen molar-refractivity contribution in [3.63, 3.8) is 0 Å². The van der Waals surface area contributed by atoms with E-state index in [1.165, 1.54) is 18.4 Å². The molecule has 0 spiro atoms. The molecule has 0 unspecified atom stereocenters. The van der Waals surface area contributed by atoms with Gasteiger partial charge in [0.15, 0.2) is 0 Å². The van der Waals surface area contributed by atoms with Crippen molar-refractivity contribution >= 4 is 5.82 Å². The molecule has 0 aromatic carbocycles. The number of hydrogen-bond acceptors (Lipinski definition) is 4. The summed E-state index contributed by atoms with van der Waals surface area (Å²) in [7, 11) is 0. The molecule has 1 aliphatic carbocycles. The third-order valence-electron chi connectivity index (χ3n) is 3.75. The van der Waals surface area contributed by atoms with Crippen molar-refractivity contribution in [2.75, 3.05) is 24.6 Å². The molecular weight excluding hydrogens is 238 g/mol. The molecule has 2 aliphatic rings. The fraction of sp³-hybridized carbons (Fsp3) is 0.667. The Morgan fingerprint density at radius 2 is 2.32 bits per heavy atom. The van der Waals surface area contributed by atoms with E-state index in [9.17, 15) is 0 Å². The molecule has 1 saturated heterocycles. The largest absolute Gasteiger partial charge is 0.372 e. The average Bonchev–Trinajstić information content (AvgIpc) is 3.19. The summed E-state index contributed by atoms with van der Waals surface area (Å²) in [4.78, 5) is 6.95. The molecule has 0 radical (unpaired) electrons. The van der Waals surface area contributed by atoms with Crippen molar-refractivity contribution < 1.29 is 4.74 Å². The Bertz CT molecular complexity index is 443. The third-order valence-corrected chi connectivity index (χ3v) is 3.75. The van der Waals surface area contributed by atoms with Crippen LogP contribution in [-0.2, 0) is 11.3 Å². The van der Waals surface area contributed by atoms with Gasteiger partial charge in [0.05, 0.1) is 12.2 Å². The van der Waals surface area contributed by atoms with Gasteiger partial charge in [0.1, 0.15) is 5.82 Å². The van der Waals surface area contributed by atoms with Gasteiger partial charge in [0.2, 0.25) is 0 Å². The topological polar surface area (TPSA) is 37.4 Å². The molecule has 104 valence electrons. The molecule has 0 atom stereocenters. The van der Waals surface area contributed by atoms with E-state index in [4.69, 9.17) is 4.74 Å². The predicted octanol–water partition coefficient (Wildman–Crippen LogP) is 1.95. The average molecular weight is 261 g/mol. The van der Waals surface area contributed by atoms with Crippen LogP contribution in [0.1, 0.15) is 32.3 Å². The van der Waals surface area contributed by atoms with Crippen LogP contribution in [0.3, 0.4) is 0 Å². The predicted molar refractivity (Wildman–Crippen MR) is 76.3 cm³/mol. The highest BCUT2D eigenvalue weighted by Gasteiger charge is 2.29. The van der Waals surface area contributed by atoms with Gasteiger partial charge in [-0.1, -0.05) is 6.07 Å². The van der Waals surface area contributed by atoms with Crippen LogP contribution in [0.25, 0.3) is 0 Å². The summed E-state index contributed by atoms with van der Waals surface area (Å²) in [6.45, 7) is 7.82. The van der Waals surface area contributed by atoms with Gasteiger partial charge in [-0.3, -0.25) is 0 Å². The van der Waals surface area contributed by atoms with Crippen molar-refractivity contribution in [1.82, 2.24) is 10.3 Å². The lowest BCUT2D eigenvalue weighted by atomic mass is 10.1. The molecule has 1 aromatic heterocycles. The summed E-state index contributed by atoms with van der Waals surface area (Å²) in [6, 6.07) is 4.94. The zero-order valence-corrected chi connectivity index (χ0v) is 11.9. The van der Waals surface area contributed by atoms with Crippen molar-refractivity contribution in [2.45, 2.75) is 44.9 Å². The van der Waals surface area contributed by atoms with E-state index in [2.05, 4.69) is 35.1 Å². The van der Waals surface area contributed by atoms with Crippen molar-refractivity contribution in [1.29, 1.82) is 0 Å². The lowest BCUT2D eigenvalue weighted by Crippen LogP contribution is -2.49. The van der Waals surface area contributed by atoms with E-state index in [0.29, 0.717) is 0 Å². The van der Waals surface area contributed by atoms with Gasteiger partial charge in [0.25, 0.3) is 0 Å². The maximum absolute atomic E-state index is 5.78. The fourth-order valence-electron chi connectivity index (χ4n) is 2.59. The highest BCUT2D eigenvalue weighted by atomic mass is 16.5. The quantitative estimate of drug-likeness (QED) is 0.899. The molecular formula is C15H23N3O. The normalized spacial score (nSPS) is 22.5. The van der Waals surface area contributed by atoms with Gasteiger partial charge in [-0.05, 0) is 32.8 Å². The minimum Gasteiger partial charge on any atom is -0.372 e. The summed E-state index contributed by atoms with van der Waals surface area (Å²) in [6.07, 6.45) is 4.53. The molecule has 1 aliphatic heterocycles. The fourth-order valence-corrected chi connectivity index (χ4v) is 2.59. The molecule has 2 heterocycles. The third kappa shape index (κ3) is 3.25. The van der Waals surface area contributed by atoms with Crippen LogP contribution >= 0.6 is 0 Å². The van der Waals surface area contributed by atoms with Crippen LogP contribution in [0, 0.1) is 0 Å². The number of hydrogen-bond donors (Lipinski definition) is 1. The van der Waals surface area contributed by atoms with Crippen LogP contribution in [0.4, 0.5) is 5.82 Å². The van der Waals surface area contributed by atoms with E-state index in [-0.39, 0.29) is 5.60 Å². The summed E-state index contributed by atoms with van der Waals surface area (Å²) >= 11 is 0. The molecule has 1 aromatic rings. The monoisotopic (exact) mass is 261 g/mol. The van der Waals surface area contributed by atoms with Gasteiger partial charge in [0, 0.05) is 37.4 Å². The first kappa shape index (κ1) is 12.9. The Balaban J connectivity index is 1.74. The maximum atomic E-state index is 5.78. The first-order valence-electron chi connectivity index (χ1n) is 7.20. The van der Waals surface area contributed by atoms with Crippen molar-refractivity contribution in [2.24, 2.45) is 0 Å². The van der Waals surface area contributed by atoms with Gasteiger partial charge in [-0.25, -0.2) is 4.98 Å².